The number of nitrogens with one attached hydrogen (secondary N) is 1. The highest BCUT2D eigenvalue weighted by Gasteiger charge is 2.29. The largest absolute Gasteiger partial charge is 0.482 e. The van der Waals surface area contributed by atoms with Gasteiger partial charge in [-0.05, 0) is 25.0 Å². The van der Waals surface area contributed by atoms with Crippen LogP contribution in [-0.4, -0.2) is 18.8 Å². The first-order valence-corrected chi connectivity index (χ1v) is 6.60. The van der Waals surface area contributed by atoms with Crippen molar-refractivity contribution in [3.8, 4) is 5.75 Å². The molecule has 1 aromatic carbocycles. The molecule has 19 heavy (non-hydrogen) atoms. The molecule has 106 valence electrons. The Morgan fingerprint density at radius 3 is 2.47 bits per heavy atom. The van der Waals surface area contributed by atoms with Crippen LogP contribution in [0.25, 0.3) is 0 Å². The fourth-order valence-electron chi connectivity index (χ4n) is 2.34. The van der Waals surface area contributed by atoms with Crippen LogP contribution in [0.1, 0.15) is 32.1 Å². The highest BCUT2D eigenvalue weighted by Crippen LogP contribution is 2.29. The van der Waals surface area contributed by atoms with E-state index in [2.05, 4.69) is 5.32 Å². The first kappa shape index (κ1) is 14.0. The Morgan fingerprint density at radius 1 is 1.11 bits per heavy atom. The number of rotatable bonds is 4. The van der Waals surface area contributed by atoms with Crippen LogP contribution in [-0.2, 0) is 0 Å². The van der Waals surface area contributed by atoms with Crippen molar-refractivity contribution < 1.29 is 17.9 Å². The molecule has 0 saturated heterocycles. The Balaban J connectivity index is 1.99. The highest BCUT2D eigenvalue weighted by molar-refractivity contribution is 5.56. The molecule has 0 unspecified atom stereocenters. The van der Waals surface area contributed by atoms with Gasteiger partial charge >= 0.3 is 6.18 Å². The first-order chi connectivity index (χ1) is 9.04. The SMILES string of the molecule is FC(F)(F)COc1ccccc1NC1CCCCC1. The summed E-state index contributed by atoms with van der Waals surface area (Å²) in [7, 11) is 0. The van der Waals surface area contributed by atoms with Crippen LogP contribution in [0.3, 0.4) is 0 Å². The van der Waals surface area contributed by atoms with E-state index in [0.717, 1.165) is 12.8 Å². The van der Waals surface area contributed by atoms with Gasteiger partial charge in [-0.15, -0.1) is 0 Å². The number of hydrogen-bond donors (Lipinski definition) is 1. The van der Waals surface area contributed by atoms with Gasteiger partial charge in [0.25, 0.3) is 0 Å². The van der Waals surface area contributed by atoms with Crippen LogP contribution in [0.4, 0.5) is 18.9 Å². The third-order valence-electron chi connectivity index (χ3n) is 3.24. The first-order valence-electron chi connectivity index (χ1n) is 6.60. The van der Waals surface area contributed by atoms with Crippen LogP contribution < -0.4 is 10.1 Å². The summed E-state index contributed by atoms with van der Waals surface area (Å²) in [4.78, 5) is 0. The average molecular weight is 273 g/mol. The van der Waals surface area contributed by atoms with Crippen molar-refractivity contribution in [1.82, 2.24) is 0 Å². The molecule has 2 nitrogen and oxygen atoms in total. The van der Waals surface area contributed by atoms with Crippen molar-refractivity contribution in [3.05, 3.63) is 24.3 Å². The van der Waals surface area contributed by atoms with E-state index >= 15 is 0 Å². The van der Waals surface area contributed by atoms with Gasteiger partial charge in [-0.3, -0.25) is 0 Å². The number of para-hydroxylation sites is 2. The molecular formula is C14H18F3NO. The smallest absolute Gasteiger partial charge is 0.422 e. The van der Waals surface area contributed by atoms with Crippen molar-refractivity contribution in [2.24, 2.45) is 0 Å². The Kier molecular flexibility index (Phi) is 4.56. The predicted molar refractivity (Wildman–Crippen MR) is 68.5 cm³/mol. The summed E-state index contributed by atoms with van der Waals surface area (Å²) in [6.45, 7) is -1.25. The topological polar surface area (TPSA) is 21.3 Å². The standard InChI is InChI=1S/C14H18F3NO/c15-14(16,17)10-19-13-9-5-4-8-12(13)18-11-6-2-1-3-7-11/h4-5,8-9,11,18H,1-3,6-7,10H2. The second kappa shape index (κ2) is 6.17. The normalized spacial score (nSPS) is 17.2. The number of ether oxygens (including phenoxy) is 1. The number of anilines is 1. The van der Waals surface area contributed by atoms with Crippen LogP contribution in [0.2, 0.25) is 0 Å². The maximum atomic E-state index is 12.2. The van der Waals surface area contributed by atoms with Gasteiger partial charge < -0.3 is 10.1 Å². The summed E-state index contributed by atoms with van der Waals surface area (Å²) in [6, 6.07) is 7.14. The maximum Gasteiger partial charge on any atom is 0.422 e. The van der Waals surface area contributed by atoms with Gasteiger partial charge in [-0.1, -0.05) is 31.4 Å². The molecule has 1 aliphatic carbocycles. The summed E-state index contributed by atoms with van der Waals surface area (Å²) in [5.74, 6) is 0.269. The number of hydrogen-bond acceptors (Lipinski definition) is 2. The Bertz CT molecular complexity index is 400. The van der Waals surface area contributed by atoms with Crippen LogP contribution >= 0.6 is 0 Å². The van der Waals surface area contributed by atoms with Crippen LogP contribution in [0.15, 0.2) is 24.3 Å². The third-order valence-corrected chi connectivity index (χ3v) is 3.24. The number of benzene rings is 1. The minimum atomic E-state index is -4.31. The van der Waals surface area contributed by atoms with Crippen LogP contribution in [0.5, 0.6) is 5.75 Å². The van der Waals surface area contributed by atoms with Gasteiger partial charge in [0.2, 0.25) is 0 Å². The Labute approximate surface area is 111 Å². The minimum Gasteiger partial charge on any atom is -0.482 e. The predicted octanol–water partition coefficient (Wildman–Crippen LogP) is 4.37. The number of halogens is 3. The highest BCUT2D eigenvalue weighted by atomic mass is 19.4. The minimum absolute atomic E-state index is 0.269. The average Bonchev–Trinajstić information content (AvgIpc) is 2.38. The van der Waals surface area contributed by atoms with E-state index in [0.29, 0.717) is 11.7 Å². The van der Waals surface area contributed by atoms with Gasteiger partial charge in [0, 0.05) is 6.04 Å². The molecule has 0 aromatic heterocycles. The zero-order valence-corrected chi connectivity index (χ0v) is 10.7. The number of alkyl halides is 3. The molecule has 0 amide bonds. The Morgan fingerprint density at radius 2 is 1.79 bits per heavy atom. The molecule has 0 aliphatic heterocycles. The molecule has 1 fully saturated rings. The molecule has 2 rings (SSSR count). The Hall–Kier alpha value is -1.39. The third kappa shape index (κ3) is 4.65. The summed E-state index contributed by atoms with van der Waals surface area (Å²) in [5.41, 5.74) is 0.652. The second-order valence-electron chi connectivity index (χ2n) is 4.88. The molecule has 1 aliphatic rings. The van der Waals surface area contributed by atoms with Gasteiger partial charge in [0.1, 0.15) is 5.75 Å². The monoisotopic (exact) mass is 273 g/mol. The van der Waals surface area contributed by atoms with E-state index in [1.54, 1.807) is 24.3 Å². The molecule has 1 aromatic rings. The van der Waals surface area contributed by atoms with E-state index in [9.17, 15) is 13.2 Å². The summed E-state index contributed by atoms with van der Waals surface area (Å²) in [5, 5.41) is 3.29. The van der Waals surface area contributed by atoms with Crippen molar-refractivity contribution in [2.45, 2.75) is 44.3 Å². The molecule has 0 spiro atoms. The lowest BCUT2D eigenvalue weighted by Gasteiger charge is -2.25. The molecule has 0 bridgehead atoms. The van der Waals surface area contributed by atoms with Gasteiger partial charge in [-0.2, -0.15) is 13.2 Å². The van der Waals surface area contributed by atoms with Gasteiger partial charge in [0.05, 0.1) is 5.69 Å². The molecule has 1 saturated carbocycles. The summed E-state index contributed by atoms with van der Waals surface area (Å²) < 4.78 is 41.4. The van der Waals surface area contributed by atoms with E-state index in [1.165, 1.54) is 19.3 Å². The van der Waals surface area contributed by atoms with Crippen molar-refractivity contribution >= 4 is 5.69 Å². The molecule has 1 N–H and O–H groups in total. The van der Waals surface area contributed by atoms with Gasteiger partial charge in [0.15, 0.2) is 6.61 Å². The summed E-state index contributed by atoms with van der Waals surface area (Å²) in [6.07, 6.45) is 1.40. The fourth-order valence-corrected chi connectivity index (χ4v) is 2.34. The molecule has 0 atom stereocenters. The zero-order chi connectivity index (χ0) is 13.7. The molecule has 5 heteroatoms. The molecule has 0 heterocycles. The molecular weight excluding hydrogens is 255 g/mol. The lowest BCUT2D eigenvalue weighted by molar-refractivity contribution is -0.153. The van der Waals surface area contributed by atoms with Crippen molar-refractivity contribution in [3.63, 3.8) is 0 Å². The second-order valence-corrected chi connectivity index (χ2v) is 4.88. The van der Waals surface area contributed by atoms with Crippen molar-refractivity contribution in [1.29, 1.82) is 0 Å². The van der Waals surface area contributed by atoms with Crippen molar-refractivity contribution in [2.75, 3.05) is 11.9 Å². The fraction of sp³-hybridized carbons (Fsp3) is 0.571. The molecule has 0 radical (unpaired) electrons. The van der Waals surface area contributed by atoms with E-state index in [4.69, 9.17) is 4.74 Å². The lowest BCUT2D eigenvalue weighted by Crippen LogP contribution is -2.23. The van der Waals surface area contributed by atoms with E-state index in [1.807, 2.05) is 0 Å². The quantitative estimate of drug-likeness (QED) is 0.879. The van der Waals surface area contributed by atoms with E-state index in [-0.39, 0.29) is 5.75 Å². The lowest BCUT2D eigenvalue weighted by atomic mass is 9.95. The van der Waals surface area contributed by atoms with E-state index < -0.39 is 12.8 Å². The maximum absolute atomic E-state index is 12.2. The zero-order valence-electron chi connectivity index (χ0n) is 10.7. The van der Waals surface area contributed by atoms with Gasteiger partial charge in [-0.25, -0.2) is 0 Å². The van der Waals surface area contributed by atoms with Crippen LogP contribution in [0, 0.1) is 0 Å². The summed E-state index contributed by atoms with van der Waals surface area (Å²) >= 11 is 0.